The number of hydrogen-bond donors (Lipinski definition) is 1. The first-order valence-electron chi connectivity index (χ1n) is 12.2. The molecular weight excluding hydrogens is 470 g/mol. The largest absolute Gasteiger partial charge is 0.507 e. The molecule has 1 aliphatic heterocycles. The maximum Gasteiger partial charge on any atom is 0.295 e. The van der Waals surface area contributed by atoms with Gasteiger partial charge in [-0.1, -0.05) is 24.3 Å². The van der Waals surface area contributed by atoms with E-state index in [0.717, 1.165) is 16.9 Å². The van der Waals surface area contributed by atoms with Crippen LogP contribution in [-0.4, -0.2) is 49.1 Å². The summed E-state index contributed by atoms with van der Waals surface area (Å²) in [4.78, 5) is 28.1. The molecule has 7 nitrogen and oxygen atoms in total. The summed E-state index contributed by atoms with van der Waals surface area (Å²) in [5.74, 6) is 0.537. The van der Waals surface area contributed by atoms with Crippen LogP contribution in [0.5, 0.6) is 17.2 Å². The van der Waals surface area contributed by atoms with Crippen LogP contribution in [0.25, 0.3) is 5.76 Å². The van der Waals surface area contributed by atoms with Gasteiger partial charge in [-0.3, -0.25) is 9.59 Å². The number of aliphatic hydroxyl groups excluding tert-OH is 1. The van der Waals surface area contributed by atoms with Crippen molar-refractivity contribution >= 4 is 17.4 Å². The average Bonchev–Trinajstić information content (AvgIpc) is 3.18. The summed E-state index contributed by atoms with van der Waals surface area (Å²) < 4.78 is 16.1. The fourth-order valence-electron chi connectivity index (χ4n) is 4.55. The van der Waals surface area contributed by atoms with E-state index in [1.165, 1.54) is 4.90 Å². The monoisotopic (exact) mass is 501 g/mol. The van der Waals surface area contributed by atoms with E-state index in [1.807, 2.05) is 50.2 Å². The van der Waals surface area contributed by atoms with Crippen LogP contribution in [-0.2, 0) is 16.0 Å². The molecule has 0 aromatic heterocycles. The number of ketones is 1. The molecule has 3 aromatic carbocycles. The second kappa shape index (κ2) is 11.2. The van der Waals surface area contributed by atoms with Gasteiger partial charge in [0.2, 0.25) is 0 Å². The molecule has 0 saturated carbocycles. The molecule has 0 aliphatic carbocycles. The molecule has 1 N–H and O–H groups in total. The van der Waals surface area contributed by atoms with E-state index in [-0.39, 0.29) is 11.3 Å². The summed E-state index contributed by atoms with van der Waals surface area (Å²) >= 11 is 0. The maximum atomic E-state index is 13.3. The Morgan fingerprint density at radius 1 is 0.919 bits per heavy atom. The lowest BCUT2D eigenvalue weighted by molar-refractivity contribution is -0.139. The van der Waals surface area contributed by atoms with E-state index >= 15 is 0 Å². The van der Waals surface area contributed by atoms with E-state index in [0.29, 0.717) is 42.2 Å². The number of rotatable bonds is 9. The Kier molecular flexibility index (Phi) is 7.82. The Bertz CT molecular complexity index is 1310. The van der Waals surface area contributed by atoms with Crippen molar-refractivity contribution in [2.24, 2.45) is 0 Å². The van der Waals surface area contributed by atoms with Gasteiger partial charge in [0.25, 0.3) is 11.7 Å². The van der Waals surface area contributed by atoms with Crippen LogP contribution < -0.4 is 14.2 Å². The zero-order valence-corrected chi connectivity index (χ0v) is 21.5. The second-order valence-corrected chi connectivity index (χ2v) is 8.78. The third-order valence-corrected chi connectivity index (χ3v) is 6.52. The van der Waals surface area contributed by atoms with Crippen LogP contribution in [0.2, 0.25) is 0 Å². The maximum absolute atomic E-state index is 13.3. The molecule has 1 unspecified atom stereocenters. The van der Waals surface area contributed by atoms with Crippen molar-refractivity contribution in [3.05, 3.63) is 94.6 Å². The van der Waals surface area contributed by atoms with Crippen LogP contribution in [0, 0.1) is 6.92 Å². The quantitative estimate of drug-likeness (QED) is 0.250. The highest BCUT2D eigenvalue weighted by Crippen LogP contribution is 2.40. The first-order chi connectivity index (χ1) is 17.9. The predicted octanol–water partition coefficient (Wildman–Crippen LogP) is 5.08. The molecule has 3 aromatic rings. The van der Waals surface area contributed by atoms with Gasteiger partial charge < -0.3 is 24.2 Å². The third kappa shape index (κ3) is 5.31. The lowest BCUT2D eigenvalue weighted by Crippen LogP contribution is -2.31. The standard InChI is InChI=1S/C30H31NO6/c1-5-37-25-15-10-22(18-19(25)2)28(32)26-27(21-8-13-24(36-4)14-9-21)31(30(34)29(26)33)17-16-20-6-11-23(35-3)12-7-20/h6-15,18,27,32H,5,16-17H2,1-4H3/b28-26+. The van der Waals surface area contributed by atoms with E-state index < -0.39 is 17.7 Å². The van der Waals surface area contributed by atoms with Gasteiger partial charge >= 0.3 is 0 Å². The van der Waals surface area contributed by atoms with Gasteiger partial charge in [-0.15, -0.1) is 0 Å². The highest BCUT2D eigenvalue weighted by Gasteiger charge is 2.45. The third-order valence-electron chi connectivity index (χ3n) is 6.52. The summed E-state index contributed by atoms with van der Waals surface area (Å²) in [5.41, 5.74) is 3.04. The van der Waals surface area contributed by atoms with Crippen LogP contribution in [0.1, 0.15) is 35.2 Å². The minimum absolute atomic E-state index is 0.0634. The summed E-state index contributed by atoms with van der Waals surface area (Å²) in [7, 11) is 3.18. The Morgan fingerprint density at radius 3 is 2.11 bits per heavy atom. The predicted molar refractivity (Wildman–Crippen MR) is 141 cm³/mol. The van der Waals surface area contributed by atoms with Gasteiger partial charge in [0.05, 0.1) is 32.4 Å². The first-order valence-corrected chi connectivity index (χ1v) is 12.2. The smallest absolute Gasteiger partial charge is 0.295 e. The number of carbonyl (C=O) groups is 2. The molecule has 1 heterocycles. The molecule has 4 rings (SSSR count). The molecule has 1 amide bonds. The Hall–Kier alpha value is -4.26. The number of likely N-dealkylation sites (tertiary alicyclic amines) is 1. The summed E-state index contributed by atoms with van der Waals surface area (Å²) in [6.45, 7) is 4.58. The normalized spacial score (nSPS) is 16.6. The van der Waals surface area contributed by atoms with E-state index in [9.17, 15) is 14.7 Å². The van der Waals surface area contributed by atoms with Crippen molar-refractivity contribution in [3.8, 4) is 17.2 Å². The summed E-state index contributed by atoms with van der Waals surface area (Å²) in [6.07, 6.45) is 0.534. The second-order valence-electron chi connectivity index (χ2n) is 8.78. The van der Waals surface area contributed by atoms with Gasteiger partial charge in [-0.25, -0.2) is 0 Å². The lowest BCUT2D eigenvalue weighted by atomic mass is 9.94. The van der Waals surface area contributed by atoms with Crippen molar-refractivity contribution < 1.29 is 28.9 Å². The number of hydrogen-bond acceptors (Lipinski definition) is 6. The van der Waals surface area contributed by atoms with Gasteiger partial charge in [0.1, 0.15) is 23.0 Å². The minimum atomic E-state index is -0.740. The molecule has 1 fully saturated rings. The fourth-order valence-corrected chi connectivity index (χ4v) is 4.55. The highest BCUT2D eigenvalue weighted by molar-refractivity contribution is 6.46. The molecule has 0 bridgehead atoms. The first kappa shape index (κ1) is 25.8. The summed E-state index contributed by atoms with van der Waals surface area (Å²) in [6, 6.07) is 19.2. The number of amides is 1. The number of ether oxygens (including phenoxy) is 3. The van der Waals surface area contributed by atoms with Crippen molar-refractivity contribution in [1.29, 1.82) is 0 Å². The molecule has 1 saturated heterocycles. The van der Waals surface area contributed by atoms with Crippen molar-refractivity contribution in [3.63, 3.8) is 0 Å². The molecule has 7 heteroatoms. The molecule has 192 valence electrons. The number of aliphatic hydroxyl groups is 1. The van der Waals surface area contributed by atoms with Gasteiger partial charge in [-0.2, -0.15) is 0 Å². The van der Waals surface area contributed by atoms with E-state index in [1.54, 1.807) is 44.6 Å². The fraction of sp³-hybridized carbons (Fsp3) is 0.267. The number of carbonyl (C=O) groups excluding carboxylic acids is 2. The Labute approximate surface area is 216 Å². The molecule has 0 spiro atoms. The van der Waals surface area contributed by atoms with Crippen LogP contribution in [0.15, 0.2) is 72.3 Å². The van der Waals surface area contributed by atoms with E-state index in [2.05, 4.69) is 0 Å². The van der Waals surface area contributed by atoms with Crippen molar-refractivity contribution in [2.45, 2.75) is 26.3 Å². The molecular formula is C30H31NO6. The van der Waals surface area contributed by atoms with Crippen LogP contribution >= 0.6 is 0 Å². The summed E-state index contributed by atoms with van der Waals surface area (Å²) in [5, 5.41) is 11.3. The SMILES string of the molecule is CCOc1ccc(/C(O)=C2\C(=O)C(=O)N(CCc3ccc(OC)cc3)C2c2ccc(OC)cc2)cc1C. The zero-order valence-electron chi connectivity index (χ0n) is 21.5. The Morgan fingerprint density at radius 2 is 1.54 bits per heavy atom. The van der Waals surface area contributed by atoms with E-state index in [4.69, 9.17) is 14.2 Å². The van der Waals surface area contributed by atoms with Crippen molar-refractivity contribution in [1.82, 2.24) is 4.90 Å². The van der Waals surface area contributed by atoms with Gasteiger partial charge in [0, 0.05) is 12.1 Å². The Balaban J connectivity index is 1.74. The number of aryl methyl sites for hydroxylation is 1. The van der Waals surface area contributed by atoms with Gasteiger partial charge in [-0.05, 0) is 79.4 Å². The number of Topliss-reactive ketones (excluding diaryl/α,β-unsaturated/α-hetero) is 1. The number of benzene rings is 3. The molecule has 1 aliphatic rings. The molecule has 0 radical (unpaired) electrons. The van der Waals surface area contributed by atoms with Crippen molar-refractivity contribution in [2.75, 3.05) is 27.4 Å². The molecule has 1 atom stereocenters. The van der Waals surface area contributed by atoms with Crippen LogP contribution in [0.3, 0.4) is 0 Å². The lowest BCUT2D eigenvalue weighted by Gasteiger charge is -2.25. The minimum Gasteiger partial charge on any atom is -0.507 e. The number of nitrogens with zero attached hydrogens (tertiary/aromatic N) is 1. The van der Waals surface area contributed by atoms with Gasteiger partial charge in [0.15, 0.2) is 0 Å². The van der Waals surface area contributed by atoms with Crippen LogP contribution in [0.4, 0.5) is 0 Å². The highest BCUT2D eigenvalue weighted by atomic mass is 16.5. The topological polar surface area (TPSA) is 85.3 Å². The average molecular weight is 502 g/mol. The number of methoxy groups -OCH3 is 2. The molecule has 37 heavy (non-hydrogen) atoms. The zero-order chi connectivity index (χ0) is 26.5.